The largest absolute Gasteiger partial charge is 0.494 e. The zero-order valence-corrected chi connectivity index (χ0v) is 14.2. The summed E-state index contributed by atoms with van der Waals surface area (Å²) in [6.07, 6.45) is 8.87. The number of rotatable bonds is 7. The second kappa shape index (κ2) is 7.77. The number of carbonyl (C=O) groups is 1. The Balaban J connectivity index is 2.11. The van der Waals surface area contributed by atoms with Crippen LogP contribution in [0, 0.1) is 11.8 Å². The summed E-state index contributed by atoms with van der Waals surface area (Å²) in [7, 11) is 1.50. The van der Waals surface area contributed by atoms with Crippen molar-refractivity contribution in [1.82, 2.24) is 4.98 Å². The van der Waals surface area contributed by atoms with Gasteiger partial charge in [-0.3, -0.25) is 9.78 Å². The standard InChI is InChI=1S/C18H27NO4/c1-4-18(2,21)15-8-6-5-7-13(15)12-23-17-10-19-9-16(22-3)14(17)11-20/h9-11,13,15,21H,4-8,12H2,1-3H3. The second-order valence-corrected chi connectivity index (χ2v) is 6.54. The molecule has 0 bridgehead atoms. The highest BCUT2D eigenvalue weighted by Crippen LogP contribution is 2.39. The van der Waals surface area contributed by atoms with Gasteiger partial charge >= 0.3 is 0 Å². The molecule has 0 amide bonds. The molecule has 0 aliphatic heterocycles. The van der Waals surface area contributed by atoms with Crippen molar-refractivity contribution < 1.29 is 19.4 Å². The Kier molecular flexibility index (Phi) is 5.99. The Morgan fingerprint density at radius 1 is 1.35 bits per heavy atom. The Morgan fingerprint density at radius 3 is 2.70 bits per heavy atom. The summed E-state index contributed by atoms with van der Waals surface area (Å²) in [6.45, 7) is 4.42. The molecule has 1 heterocycles. The van der Waals surface area contributed by atoms with Crippen LogP contribution in [0.2, 0.25) is 0 Å². The summed E-state index contributed by atoms with van der Waals surface area (Å²) >= 11 is 0. The minimum atomic E-state index is -0.672. The van der Waals surface area contributed by atoms with Crippen molar-refractivity contribution in [2.45, 2.75) is 51.6 Å². The van der Waals surface area contributed by atoms with E-state index in [4.69, 9.17) is 9.47 Å². The van der Waals surface area contributed by atoms with Crippen LogP contribution in [0.3, 0.4) is 0 Å². The Hall–Kier alpha value is -1.62. The molecule has 128 valence electrons. The van der Waals surface area contributed by atoms with E-state index in [1.54, 1.807) is 6.20 Å². The Bertz CT molecular complexity index is 530. The topological polar surface area (TPSA) is 68.7 Å². The van der Waals surface area contributed by atoms with E-state index in [1.165, 1.54) is 13.3 Å². The molecule has 1 N–H and O–H groups in total. The first kappa shape index (κ1) is 17.7. The molecular formula is C18H27NO4. The zero-order valence-electron chi connectivity index (χ0n) is 14.2. The van der Waals surface area contributed by atoms with E-state index >= 15 is 0 Å². The van der Waals surface area contributed by atoms with Gasteiger partial charge in [0.15, 0.2) is 17.8 Å². The molecule has 0 spiro atoms. The fraction of sp³-hybridized carbons (Fsp3) is 0.667. The summed E-state index contributed by atoms with van der Waals surface area (Å²) in [5.74, 6) is 1.36. The predicted octanol–water partition coefficient (Wildman–Crippen LogP) is 3.25. The van der Waals surface area contributed by atoms with Crippen LogP contribution in [-0.2, 0) is 0 Å². The summed E-state index contributed by atoms with van der Waals surface area (Å²) in [5.41, 5.74) is -0.286. The number of hydrogen-bond donors (Lipinski definition) is 1. The Morgan fingerprint density at radius 2 is 2.04 bits per heavy atom. The first-order chi connectivity index (χ1) is 11.0. The van der Waals surface area contributed by atoms with E-state index < -0.39 is 5.60 Å². The summed E-state index contributed by atoms with van der Waals surface area (Å²) in [6, 6.07) is 0. The van der Waals surface area contributed by atoms with Crippen LogP contribution in [0.4, 0.5) is 0 Å². The highest BCUT2D eigenvalue weighted by molar-refractivity contribution is 5.83. The van der Waals surface area contributed by atoms with E-state index in [-0.39, 0.29) is 11.8 Å². The van der Waals surface area contributed by atoms with Gasteiger partial charge in [0.1, 0.15) is 5.56 Å². The van der Waals surface area contributed by atoms with Crippen molar-refractivity contribution in [2.75, 3.05) is 13.7 Å². The maximum Gasteiger partial charge on any atom is 0.157 e. The molecule has 3 unspecified atom stereocenters. The van der Waals surface area contributed by atoms with Crippen LogP contribution >= 0.6 is 0 Å². The van der Waals surface area contributed by atoms with Crippen molar-refractivity contribution in [3.8, 4) is 11.5 Å². The van der Waals surface area contributed by atoms with Gasteiger partial charge in [-0.05, 0) is 38.0 Å². The maximum atomic E-state index is 11.3. The lowest BCUT2D eigenvalue weighted by Crippen LogP contribution is -2.42. The molecule has 1 aromatic heterocycles. The number of carbonyl (C=O) groups excluding carboxylic acids is 1. The number of nitrogens with zero attached hydrogens (tertiary/aromatic N) is 1. The molecule has 0 saturated heterocycles. The number of hydrogen-bond acceptors (Lipinski definition) is 5. The van der Waals surface area contributed by atoms with E-state index in [1.807, 2.05) is 13.8 Å². The monoisotopic (exact) mass is 321 g/mol. The molecule has 5 heteroatoms. The van der Waals surface area contributed by atoms with Gasteiger partial charge in [-0.1, -0.05) is 19.8 Å². The molecule has 3 atom stereocenters. The fourth-order valence-corrected chi connectivity index (χ4v) is 3.51. The Labute approximate surface area is 138 Å². The smallest absolute Gasteiger partial charge is 0.157 e. The molecule has 23 heavy (non-hydrogen) atoms. The van der Waals surface area contributed by atoms with Crippen LogP contribution in [0.15, 0.2) is 12.4 Å². The van der Waals surface area contributed by atoms with Crippen molar-refractivity contribution in [3.63, 3.8) is 0 Å². The third-order valence-electron chi connectivity index (χ3n) is 5.13. The molecule has 0 aromatic carbocycles. The van der Waals surface area contributed by atoms with Gasteiger partial charge in [-0.15, -0.1) is 0 Å². The highest BCUT2D eigenvalue weighted by atomic mass is 16.5. The van der Waals surface area contributed by atoms with Crippen molar-refractivity contribution in [3.05, 3.63) is 18.0 Å². The summed E-state index contributed by atoms with van der Waals surface area (Å²) < 4.78 is 11.0. The van der Waals surface area contributed by atoms with Crippen LogP contribution in [0.25, 0.3) is 0 Å². The van der Waals surface area contributed by atoms with Gasteiger partial charge in [0.25, 0.3) is 0 Å². The van der Waals surface area contributed by atoms with E-state index in [9.17, 15) is 9.90 Å². The average molecular weight is 321 g/mol. The molecule has 0 radical (unpaired) electrons. The lowest BCUT2D eigenvalue weighted by Gasteiger charge is -2.40. The maximum absolute atomic E-state index is 11.3. The molecule has 2 rings (SSSR count). The zero-order chi connectivity index (χ0) is 16.9. The SMILES string of the molecule is CCC(C)(O)C1CCCCC1COc1cncc(OC)c1C=O. The van der Waals surface area contributed by atoms with Crippen LogP contribution in [0.1, 0.15) is 56.3 Å². The van der Waals surface area contributed by atoms with Crippen LogP contribution in [0.5, 0.6) is 11.5 Å². The molecular weight excluding hydrogens is 294 g/mol. The van der Waals surface area contributed by atoms with E-state index in [0.29, 0.717) is 23.7 Å². The second-order valence-electron chi connectivity index (χ2n) is 6.54. The summed E-state index contributed by atoms with van der Waals surface area (Å²) in [4.78, 5) is 15.4. The molecule has 1 aliphatic carbocycles. The first-order valence-electron chi connectivity index (χ1n) is 8.35. The average Bonchev–Trinajstić information content (AvgIpc) is 2.59. The lowest BCUT2D eigenvalue weighted by atomic mass is 9.70. The lowest BCUT2D eigenvalue weighted by molar-refractivity contribution is -0.0543. The number of ether oxygens (including phenoxy) is 2. The molecule has 1 saturated carbocycles. The molecule has 1 aromatic rings. The fourth-order valence-electron chi connectivity index (χ4n) is 3.51. The quantitative estimate of drug-likeness (QED) is 0.781. The van der Waals surface area contributed by atoms with Gasteiger partial charge in [-0.2, -0.15) is 0 Å². The van der Waals surface area contributed by atoms with Crippen molar-refractivity contribution in [2.24, 2.45) is 11.8 Å². The van der Waals surface area contributed by atoms with Gasteiger partial charge < -0.3 is 14.6 Å². The van der Waals surface area contributed by atoms with Gasteiger partial charge in [-0.25, -0.2) is 0 Å². The van der Waals surface area contributed by atoms with Crippen molar-refractivity contribution >= 4 is 6.29 Å². The molecule has 5 nitrogen and oxygen atoms in total. The highest BCUT2D eigenvalue weighted by Gasteiger charge is 2.38. The minimum absolute atomic E-state index is 0.222. The normalized spacial score (nSPS) is 23.8. The number of aldehydes is 1. The van der Waals surface area contributed by atoms with Crippen molar-refractivity contribution in [1.29, 1.82) is 0 Å². The molecule has 1 fully saturated rings. The number of aromatic nitrogens is 1. The van der Waals surface area contributed by atoms with E-state index in [0.717, 1.165) is 38.4 Å². The van der Waals surface area contributed by atoms with Gasteiger partial charge in [0, 0.05) is 0 Å². The minimum Gasteiger partial charge on any atom is -0.494 e. The van der Waals surface area contributed by atoms with Crippen LogP contribution in [-0.4, -0.2) is 35.7 Å². The van der Waals surface area contributed by atoms with Gasteiger partial charge in [0.05, 0.1) is 31.7 Å². The number of pyridine rings is 1. The van der Waals surface area contributed by atoms with Gasteiger partial charge in [0.2, 0.25) is 0 Å². The van der Waals surface area contributed by atoms with E-state index in [2.05, 4.69) is 4.98 Å². The predicted molar refractivity (Wildman–Crippen MR) is 88.0 cm³/mol. The third kappa shape index (κ3) is 4.02. The third-order valence-corrected chi connectivity index (χ3v) is 5.13. The number of methoxy groups -OCH3 is 1. The summed E-state index contributed by atoms with van der Waals surface area (Å²) in [5, 5.41) is 10.7. The van der Waals surface area contributed by atoms with Crippen LogP contribution < -0.4 is 9.47 Å². The number of aliphatic hydroxyl groups is 1. The molecule has 1 aliphatic rings. The first-order valence-corrected chi connectivity index (χ1v) is 8.35.